The Morgan fingerprint density at radius 3 is 2.48 bits per heavy atom. The van der Waals surface area contributed by atoms with Crippen LogP contribution in [-0.4, -0.2) is 14.8 Å². The van der Waals surface area contributed by atoms with Crippen molar-refractivity contribution in [3.8, 4) is 23.0 Å². The number of benzene rings is 2. The van der Waals surface area contributed by atoms with Crippen molar-refractivity contribution < 1.29 is 0 Å². The number of nitrogens with one attached hydrogen (secondary N) is 1. The highest BCUT2D eigenvalue weighted by molar-refractivity contribution is 9.10. The molecule has 4 rings (SSSR count). The van der Waals surface area contributed by atoms with Crippen LogP contribution >= 0.6 is 15.9 Å². The minimum atomic E-state index is -0.422. The molecule has 0 amide bonds. The maximum absolute atomic E-state index is 12.1. The maximum atomic E-state index is 12.1. The highest BCUT2D eigenvalue weighted by Gasteiger charge is 2.16. The number of hydrogen-bond donors (Lipinski definition) is 1. The van der Waals surface area contributed by atoms with E-state index in [-0.39, 0.29) is 5.56 Å². The Labute approximate surface area is 151 Å². The van der Waals surface area contributed by atoms with E-state index in [2.05, 4.69) is 20.9 Å². The summed E-state index contributed by atoms with van der Waals surface area (Å²) in [5, 5.41) is 14.6. The van der Waals surface area contributed by atoms with Crippen LogP contribution in [0.4, 0.5) is 0 Å². The third kappa shape index (κ3) is 2.65. The van der Waals surface area contributed by atoms with Gasteiger partial charge in [0.15, 0.2) is 0 Å². The molecule has 0 aliphatic rings. The SMILES string of the molecule is N#Cc1cc2c(-c3ccc(Br)cc3)nn(-c3ccccc3)c2[nH]c1=O. The molecule has 4 aromatic rings. The predicted molar refractivity (Wildman–Crippen MR) is 99.5 cm³/mol. The molecule has 0 bridgehead atoms. The number of halogens is 1. The van der Waals surface area contributed by atoms with Crippen molar-refractivity contribution in [3.63, 3.8) is 0 Å². The number of para-hydroxylation sites is 1. The maximum Gasteiger partial charge on any atom is 0.267 e. The van der Waals surface area contributed by atoms with Gasteiger partial charge in [-0.15, -0.1) is 0 Å². The fourth-order valence-corrected chi connectivity index (χ4v) is 3.00. The number of aromatic amines is 1. The van der Waals surface area contributed by atoms with Crippen LogP contribution in [0, 0.1) is 11.3 Å². The molecule has 0 aliphatic carbocycles. The van der Waals surface area contributed by atoms with Gasteiger partial charge in [0, 0.05) is 15.4 Å². The molecule has 0 atom stereocenters. The number of fused-ring (bicyclic) bond motifs is 1. The summed E-state index contributed by atoms with van der Waals surface area (Å²) in [4.78, 5) is 14.9. The van der Waals surface area contributed by atoms with Crippen LogP contribution in [0.15, 0.2) is 69.9 Å². The van der Waals surface area contributed by atoms with E-state index in [4.69, 9.17) is 5.10 Å². The number of rotatable bonds is 2. The second-order valence-electron chi connectivity index (χ2n) is 5.49. The van der Waals surface area contributed by atoms with E-state index >= 15 is 0 Å². The molecule has 5 nitrogen and oxygen atoms in total. The number of nitrogens with zero attached hydrogens (tertiary/aromatic N) is 3. The topological polar surface area (TPSA) is 74.5 Å². The van der Waals surface area contributed by atoms with Crippen LogP contribution in [0.3, 0.4) is 0 Å². The van der Waals surface area contributed by atoms with E-state index < -0.39 is 5.56 Å². The Kier molecular flexibility index (Phi) is 3.71. The summed E-state index contributed by atoms with van der Waals surface area (Å²) in [7, 11) is 0. The highest BCUT2D eigenvalue weighted by Crippen LogP contribution is 2.29. The van der Waals surface area contributed by atoms with Gasteiger partial charge in [-0.25, -0.2) is 4.68 Å². The molecule has 0 spiro atoms. The molecule has 0 unspecified atom stereocenters. The second kappa shape index (κ2) is 6.04. The second-order valence-corrected chi connectivity index (χ2v) is 6.40. The average molecular weight is 391 g/mol. The number of aromatic nitrogens is 3. The monoisotopic (exact) mass is 390 g/mol. The summed E-state index contributed by atoms with van der Waals surface area (Å²) < 4.78 is 2.66. The minimum Gasteiger partial charge on any atom is -0.305 e. The summed E-state index contributed by atoms with van der Waals surface area (Å²) in [6.07, 6.45) is 0. The number of pyridine rings is 1. The van der Waals surface area contributed by atoms with Crippen LogP contribution in [0.1, 0.15) is 5.56 Å². The molecule has 0 aliphatic heterocycles. The van der Waals surface area contributed by atoms with Gasteiger partial charge in [0.25, 0.3) is 5.56 Å². The normalized spacial score (nSPS) is 10.7. The molecule has 0 radical (unpaired) electrons. The zero-order chi connectivity index (χ0) is 17.4. The molecule has 0 fully saturated rings. The van der Waals surface area contributed by atoms with E-state index in [1.165, 1.54) is 0 Å². The number of nitriles is 1. The molecule has 1 N–H and O–H groups in total. The fraction of sp³-hybridized carbons (Fsp3) is 0. The van der Waals surface area contributed by atoms with E-state index in [1.54, 1.807) is 10.7 Å². The molecular formula is C19H11BrN4O. The lowest BCUT2D eigenvalue weighted by atomic mass is 10.1. The number of H-pyrrole nitrogens is 1. The molecular weight excluding hydrogens is 380 g/mol. The standard InChI is InChI=1S/C19H11BrN4O/c20-14-8-6-12(7-9-14)17-16-10-13(11-21)19(25)22-18(16)24(23-17)15-4-2-1-3-5-15/h1-10H,(H,22,25). The molecule has 0 saturated heterocycles. The van der Waals surface area contributed by atoms with Gasteiger partial charge in [0.1, 0.15) is 23.0 Å². The Hall–Kier alpha value is -3.17. The third-order valence-corrected chi connectivity index (χ3v) is 4.45. The Morgan fingerprint density at radius 2 is 1.80 bits per heavy atom. The zero-order valence-electron chi connectivity index (χ0n) is 12.9. The molecule has 120 valence electrons. The first-order valence-electron chi connectivity index (χ1n) is 7.55. The minimum absolute atomic E-state index is 0.0680. The van der Waals surface area contributed by atoms with Crippen LogP contribution in [0.5, 0.6) is 0 Å². The van der Waals surface area contributed by atoms with Gasteiger partial charge < -0.3 is 4.98 Å². The van der Waals surface area contributed by atoms with Gasteiger partial charge >= 0.3 is 0 Å². The lowest BCUT2D eigenvalue weighted by Gasteiger charge is -2.02. The van der Waals surface area contributed by atoms with Crippen LogP contribution < -0.4 is 5.56 Å². The van der Waals surface area contributed by atoms with E-state index in [0.717, 1.165) is 21.1 Å². The van der Waals surface area contributed by atoms with Crippen LogP contribution in [0.25, 0.3) is 28.0 Å². The van der Waals surface area contributed by atoms with Crippen molar-refractivity contribution in [1.82, 2.24) is 14.8 Å². The van der Waals surface area contributed by atoms with Gasteiger partial charge in [-0.3, -0.25) is 4.79 Å². The van der Waals surface area contributed by atoms with Crippen molar-refractivity contribution >= 4 is 27.0 Å². The van der Waals surface area contributed by atoms with Crippen LogP contribution in [0.2, 0.25) is 0 Å². The first kappa shape index (κ1) is 15.4. The first-order valence-corrected chi connectivity index (χ1v) is 8.34. The molecule has 2 heterocycles. The summed E-state index contributed by atoms with van der Waals surface area (Å²) in [6.45, 7) is 0. The fourth-order valence-electron chi connectivity index (χ4n) is 2.73. The largest absolute Gasteiger partial charge is 0.305 e. The van der Waals surface area contributed by atoms with Crippen molar-refractivity contribution in [1.29, 1.82) is 5.26 Å². The highest BCUT2D eigenvalue weighted by atomic mass is 79.9. The van der Waals surface area contributed by atoms with Crippen molar-refractivity contribution in [2.75, 3.05) is 0 Å². The Balaban J connectivity index is 2.07. The van der Waals surface area contributed by atoms with Gasteiger partial charge in [0.05, 0.1) is 5.69 Å². The summed E-state index contributed by atoms with van der Waals surface area (Å²) in [5.74, 6) is 0. The molecule has 2 aromatic heterocycles. The van der Waals surface area contributed by atoms with E-state index in [9.17, 15) is 10.1 Å². The van der Waals surface area contributed by atoms with Crippen molar-refractivity contribution in [2.45, 2.75) is 0 Å². The van der Waals surface area contributed by atoms with Gasteiger partial charge in [-0.2, -0.15) is 10.4 Å². The van der Waals surface area contributed by atoms with Gasteiger partial charge in [-0.1, -0.05) is 46.3 Å². The predicted octanol–water partition coefficient (Wildman–Crippen LogP) is 4.01. The summed E-state index contributed by atoms with van der Waals surface area (Å²) in [5.41, 5.74) is 2.65. The van der Waals surface area contributed by atoms with Crippen LogP contribution in [-0.2, 0) is 0 Å². The molecule has 25 heavy (non-hydrogen) atoms. The summed E-state index contributed by atoms with van der Waals surface area (Å²) >= 11 is 3.43. The van der Waals surface area contributed by atoms with E-state index in [0.29, 0.717) is 11.3 Å². The molecule has 0 saturated carbocycles. The quantitative estimate of drug-likeness (QED) is 0.561. The van der Waals surface area contributed by atoms with Gasteiger partial charge in [-0.05, 0) is 30.3 Å². The average Bonchev–Trinajstić information content (AvgIpc) is 3.00. The van der Waals surface area contributed by atoms with E-state index in [1.807, 2.05) is 60.7 Å². The first-order chi connectivity index (χ1) is 12.2. The van der Waals surface area contributed by atoms with Gasteiger partial charge in [0.2, 0.25) is 0 Å². The third-order valence-electron chi connectivity index (χ3n) is 3.93. The smallest absolute Gasteiger partial charge is 0.267 e. The number of hydrogen-bond acceptors (Lipinski definition) is 3. The lowest BCUT2D eigenvalue weighted by molar-refractivity contribution is 0.898. The molecule has 6 heteroatoms. The molecule has 2 aromatic carbocycles. The Morgan fingerprint density at radius 1 is 1.08 bits per heavy atom. The van der Waals surface area contributed by atoms with Crippen molar-refractivity contribution in [2.24, 2.45) is 0 Å². The Bertz CT molecular complexity index is 1170. The van der Waals surface area contributed by atoms with Crippen molar-refractivity contribution in [3.05, 3.63) is 81.1 Å². The summed E-state index contributed by atoms with van der Waals surface area (Å²) in [6, 6.07) is 20.8. The zero-order valence-corrected chi connectivity index (χ0v) is 14.5. The lowest BCUT2D eigenvalue weighted by Crippen LogP contribution is -2.11.